The van der Waals surface area contributed by atoms with E-state index < -0.39 is 0 Å². The Morgan fingerprint density at radius 3 is 2.03 bits per heavy atom. The Morgan fingerprint density at radius 1 is 0.727 bits per heavy atom. The van der Waals surface area contributed by atoms with E-state index in [0.717, 1.165) is 38.5 Å². The molecule has 3 heteroatoms. The van der Waals surface area contributed by atoms with Crippen molar-refractivity contribution in [3.8, 4) is 0 Å². The number of ketones is 1. The highest BCUT2D eigenvalue weighted by molar-refractivity contribution is 5.82. The number of fused-ring (bicyclic) bond motifs is 7. The van der Waals surface area contributed by atoms with Crippen LogP contribution in [0.4, 0.5) is 0 Å². The summed E-state index contributed by atoms with van der Waals surface area (Å²) >= 11 is 0. The summed E-state index contributed by atoms with van der Waals surface area (Å²) < 4.78 is 0. The van der Waals surface area contributed by atoms with E-state index in [2.05, 4.69) is 41.5 Å². The van der Waals surface area contributed by atoms with Crippen molar-refractivity contribution in [3.05, 3.63) is 0 Å². The topological polar surface area (TPSA) is 57.5 Å². The highest BCUT2D eigenvalue weighted by Gasteiger charge is 2.71. The minimum Gasteiger partial charge on any atom is -0.396 e. The van der Waals surface area contributed by atoms with Gasteiger partial charge in [-0.15, -0.1) is 0 Å². The number of carbonyl (C=O) groups excluding carboxylic acids is 1. The molecule has 5 fully saturated rings. The summed E-state index contributed by atoms with van der Waals surface area (Å²) in [4.78, 5) is 12.7. The molecule has 0 heterocycles. The molecule has 5 rings (SSSR count). The molecule has 0 bridgehead atoms. The van der Waals surface area contributed by atoms with Crippen LogP contribution in [0.2, 0.25) is 0 Å². The molecule has 0 aromatic heterocycles. The largest absolute Gasteiger partial charge is 0.396 e. The molecule has 0 amide bonds. The Balaban J connectivity index is 1.55. The maximum Gasteiger partial charge on any atom is 0.136 e. The molecular weight excluding hydrogens is 408 g/mol. The third-order valence-corrected chi connectivity index (χ3v) is 14.0. The smallest absolute Gasteiger partial charge is 0.136 e. The third kappa shape index (κ3) is 2.90. The zero-order valence-corrected chi connectivity index (χ0v) is 22.3. The lowest BCUT2D eigenvalue weighted by atomic mass is 9.30. The first kappa shape index (κ1) is 24.3. The summed E-state index contributed by atoms with van der Waals surface area (Å²) in [5.74, 6) is 2.53. The SMILES string of the molecule is C[C@H]1C(=O)CC[C@@H]2[C@]1(C)CC[C@H]1[C@@]2(C)CC[C@@]2(C)[C@@H]3C[C@@](C)(CO)CC[C@]3(CO)CC[C@]12C. The first-order chi connectivity index (χ1) is 15.3. The second-order valence-corrected chi connectivity index (χ2v) is 15.0. The molecule has 5 saturated carbocycles. The predicted octanol–water partition coefficient (Wildman–Crippen LogP) is 6.40. The summed E-state index contributed by atoms with van der Waals surface area (Å²) in [7, 11) is 0. The molecule has 0 saturated heterocycles. The van der Waals surface area contributed by atoms with Crippen molar-refractivity contribution < 1.29 is 15.0 Å². The van der Waals surface area contributed by atoms with Gasteiger partial charge < -0.3 is 10.2 Å². The van der Waals surface area contributed by atoms with E-state index in [4.69, 9.17) is 0 Å². The Labute approximate surface area is 202 Å². The molecule has 2 N–H and O–H groups in total. The van der Waals surface area contributed by atoms with Crippen molar-refractivity contribution in [2.45, 2.75) is 112 Å². The van der Waals surface area contributed by atoms with Gasteiger partial charge in [0.2, 0.25) is 0 Å². The van der Waals surface area contributed by atoms with Crippen molar-refractivity contribution in [1.29, 1.82) is 0 Å². The molecule has 5 aliphatic rings. The molecule has 0 aromatic rings. The zero-order chi connectivity index (χ0) is 24.1. The summed E-state index contributed by atoms with van der Waals surface area (Å²) in [5, 5.41) is 21.0. The molecule has 0 aromatic carbocycles. The second kappa shape index (κ2) is 7.31. The van der Waals surface area contributed by atoms with E-state index >= 15 is 0 Å². The highest BCUT2D eigenvalue weighted by atomic mass is 16.3. The second-order valence-electron chi connectivity index (χ2n) is 15.0. The van der Waals surface area contributed by atoms with Crippen LogP contribution in [0.25, 0.3) is 0 Å². The average molecular weight is 459 g/mol. The first-order valence-corrected chi connectivity index (χ1v) is 14.1. The van der Waals surface area contributed by atoms with E-state index in [-0.39, 0.29) is 39.6 Å². The molecule has 0 radical (unpaired) electrons. The van der Waals surface area contributed by atoms with Crippen molar-refractivity contribution in [2.75, 3.05) is 13.2 Å². The molecule has 33 heavy (non-hydrogen) atoms. The highest BCUT2D eigenvalue weighted by Crippen LogP contribution is 2.78. The van der Waals surface area contributed by atoms with Crippen molar-refractivity contribution in [1.82, 2.24) is 0 Å². The lowest BCUT2D eigenvalue weighted by molar-refractivity contribution is -0.264. The van der Waals surface area contributed by atoms with Gasteiger partial charge in [-0.25, -0.2) is 0 Å². The van der Waals surface area contributed by atoms with E-state index in [1.165, 1.54) is 32.1 Å². The van der Waals surface area contributed by atoms with E-state index in [9.17, 15) is 15.0 Å². The lowest BCUT2D eigenvalue weighted by Crippen LogP contribution is -2.68. The Kier molecular flexibility index (Phi) is 5.38. The molecular formula is C30H50O3. The van der Waals surface area contributed by atoms with Gasteiger partial charge in [-0.1, -0.05) is 41.5 Å². The van der Waals surface area contributed by atoms with Crippen LogP contribution in [0.3, 0.4) is 0 Å². The number of rotatable bonds is 2. The van der Waals surface area contributed by atoms with E-state index in [1.54, 1.807) is 0 Å². The lowest BCUT2D eigenvalue weighted by Gasteiger charge is -2.75. The van der Waals surface area contributed by atoms with Crippen LogP contribution in [0, 0.1) is 56.2 Å². The Bertz CT molecular complexity index is 823. The number of hydrogen-bond donors (Lipinski definition) is 2. The fraction of sp³-hybridized carbons (Fsp3) is 0.967. The van der Waals surface area contributed by atoms with Crippen LogP contribution < -0.4 is 0 Å². The molecule has 0 aliphatic heterocycles. The summed E-state index contributed by atoms with van der Waals surface area (Å²) in [5.41, 5.74) is 0.988. The maximum atomic E-state index is 12.7. The van der Waals surface area contributed by atoms with Gasteiger partial charge in [-0.2, -0.15) is 0 Å². The van der Waals surface area contributed by atoms with Gasteiger partial charge in [-0.05, 0) is 114 Å². The molecule has 5 aliphatic carbocycles. The molecule has 3 nitrogen and oxygen atoms in total. The molecule has 0 spiro atoms. The van der Waals surface area contributed by atoms with Crippen LogP contribution in [0.1, 0.15) is 112 Å². The zero-order valence-electron chi connectivity index (χ0n) is 22.3. The fourth-order valence-corrected chi connectivity index (χ4v) is 11.3. The number of hydrogen-bond acceptors (Lipinski definition) is 3. The fourth-order valence-electron chi connectivity index (χ4n) is 11.3. The van der Waals surface area contributed by atoms with Crippen molar-refractivity contribution >= 4 is 5.78 Å². The molecule has 10 atom stereocenters. The van der Waals surface area contributed by atoms with Gasteiger partial charge in [0.15, 0.2) is 0 Å². The number of Topliss-reactive ketones (excluding diaryl/α,β-unsaturated/α-hetero) is 1. The summed E-state index contributed by atoms with van der Waals surface area (Å²) in [6.45, 7) is 15.4. The van der Waals surface area contributed by atoms with Gasteiger partial charge in [0.05, 0.1) is 0 Å². The Morgan fingerprint density at radius 2 is 1.36 bits per heavy atom. The quantitative estimate of drug-likeness (QED) is 0.503. The monoisotopic (exact) mass is 458 g/mol. The third-order valence-electron chi connectivity index (χ3n) is 14.0. The van der Waals surface area contributed by atoms with Crippen LogP contribution in [-0.4, -0.2) is 29.2 Å². The summed E-state index contributed by atoms with van der Waals surface area (Å²) in [6.07, 6.45) is 12.4. The molecule has 188 valence electrons. The predicted molar refractivity (Wildman–Crippen MR) is 133 cm³/mol. The Hall–Kier alpha value is -0.410. The minimum absolute atomic E-state index is 0.00432. The van der Waals surface area contributed by atoms with Gasteiger partial charge >= 0.3 is 0 Å². The standard InChI is InChI=1S/C30H50O3/c1-20-21(33)7-8-22-26(20,3)10-9-23-27(22,4)12-13-29(6)24-17-25(2,18-31)11-15-30(24,19-32)16-14-28(23,29)5/h20,22-24,31-32H,7-19H2,1-6H3/t20-,22+,23-,24-,25-,26+,27-,28+,29-,30+/m0/s1. The average Bonchev–Trinajstić information content (AvgIpc) is 2.79. The van der Waals surface area contributed by atoms with Crippen LogP contribution >= 0.6 is 0 Å². The van der Waals surface area contributed by atoms with Gasteiger partial charge in [0.1, 0.15) is 5.78 Å². The van der Waals surface area contributed by atoms with E-state index in [0.29, 0.717) is 35.6 Å². The number of aliphatic hydroxyl groups excluding tert-OH is 2. The van der Waals surface area contributed by atoms with Gasteiger partial charge in [-0.3, -0.25) is 4.79 Å². The molecule has 0 unspecified atom stereocenters. The number of carbonyl (C=O) groups is 1. The minimum atomic E-state index is -0.00432. The van der Waals surface area contributed by atoms with E-state index in [1.807, 2.05) is 0 Å². The van der Waals surface area contributed by atoms with Gasteiger partial charge in [0.25, 0.3) is 0 Å². The van der Waals surface area contributed by atoms with Gasteiger partial charge in [0, 0.05) is 25.6 Å². The first-order valence-electron chi connectivity index (χ1n) is 14.1. The van der Waals surface area contributed by atoms with Crippen LogP contribution in [0.15, 0.2) is 0 Å². The van der Waals surface area contributed by atoms with Crippen molar-refractivity contribution in [3.63, 3.8) is 0 Å². The normalized spacial score (nSPS) is 58.6. The van der Waals surface area contributed by atoms with Crippen LogP contribution in [0.5, 0.6) is 0 Å². The number of aliphatic hydroxyl groups is 2. The summed E-state index contributed by atoms with van der Waals surface area (Å²) in [6, 6.07) is 0. The van der Waals surface area contributed by atoms with Crippen molar-refractivity contribution in [2.24, 2.45) is 56.2 Å². The van der Waals surface area contributed by atoms with Crippen LogP contribution in [-0.2, 0) is 4.79 Å². The maximum absolute atomic E-state index is 12.7.